The molecule has 7 nitrogen and oxygen atoms in total. The highest BCUT2D eigenvalue weighted by molar-refractivity contribution is 7.86. The highest BCUT2D eigenvalue weighted by Crippen LogP contribution is 2.38. The lowest BCUT2D eigenvalue weighted by Crippen LogP contribution is -2.07. The van der Waals surface area contributed by atoms with Crippen molar-refractivity contribution in [3.8, 4) is 0 Å². The van der Waals surface area contributed by atoms with Crippen molar-refractivity contribution >= 4 is 18.2 Å². The summed E-state index contributed by atoms with van der Waals surface area (Å²) in [7, 11) is -9.58. The minimum absolute atomic E-state index is 0.248. The van der Waals surface area contributed by atoms with Crippen molar-refractivity contribution in [3.05, 3.63) is 0 Å². The van der Waals surface area contributed by atoms with E-state index in [9.17, 15) is 13.0 Å². The number of hydrogen-bond acceptors (Lipinski definition) is 5. The fourth-order valence-corrected chi connectivity index (χ4v) is 1.70. The zero-order valence-electron chi connectivity index (χ0n) is 5.50. The summed E-state index contributed by atoms with van der Waals surface area (Å²) in [5.74, 6) is 0. The standard InChI is InChI=1S/C2H7O7PS/c1-2-8-11(6,7)9-10(3,4)5/h2H2,1H3,(H2,3,4,5). The average molecular weight is 206 g/mol. The molecule has 9 heteroatoms. The van der Waals surface area contributed by atoms with E-state index in [-0.39, 0.29) is 6.61 Å². The molecule has 0 fully saturated rings. The maximum atomic E-state index is 10.3. The molecule has 0 aliphatic carbocycles. The summed E-state index contributed by atoms with van der Waals surface area (Å²) in [6.45, 7) is 1.09. The van der Waals surface area contributed by atoms with Gasteiger partial charge in [0.1, 0.15) is 0 Å². The molecule has 0 aromatic heterocycles. The van der Waals surface area contributed by atoms with Crippen molar-refractivity contribution in [1.29, 1.82) is 0 Å². The number of phosphoric acid groups is 1. The van der Waals surface area contributed by atoms with Crippen LogP contribution in [0.1, 0.15) is 6.92 Å². The summed E-state index contributed by atoms with van der Waals surface area (Å²) in [4.78, 5) is 16.0. The van der Waals surface area contributed by atoms with Crippen LogP contribution in [0.15, 0.2) is 0 Å². The fourth-order valence-electron chi connectivity index (χ4n) is 0.285. The number of hydrogen-bond donors (Lipinski definition) is 2. The van der Waals surface area contributed by atoms with Gasteiger partial charge in [0.2, 0.25) is 0 Å². The Bertz CT molecular complexity index is 248. The second-order valence-electron chi connectivity index (χ2n) is 1.38. The van der Waals surface area contributed by atoms with Crippen LogP contribution in [0.3, 0.4) is 0 Å². The van der Waals surface area contributed by atoms with E-state index in [0.717, 1.165) is 0 Å². The minimum Gasteiger partial charge on any atom is -0.302 e. The smallest absolute Gasteiger partial charge is 0.302 e. The Labute approximate surface area is 63.5 Å². The molecule has 0 spiro atoms. The molecule has 0 saturated carbocycles. The van der Waals surface area contributed by atoms with Crippen LogP contribution in [0, 0.1) is 0 Å². The van der Waals surface area contributed by atoms with Crippen LogP contribution in [0.5, 0.6) is 0 Å². The van der Waals surface area contributed by atoms with Gasteiger partial charge in [0.05, 0.1) is 6.61 Å². The SMILES string of the molecule is CCOS(=O)(=O)OP(=O)(O)O. The molecule has 0 atom stereocenters. The van der Waals surface area contributed by atoms with E-state index < -0.39 is 18.2 Å². The predicted octanol–water partition coefficient (Wildman–Crippen LogP) is -0.623. The van der Waals surface area contributed by atoms with Crippen molar-refractivity contribution in [2.24, 2.45) is 0 Å². The molecule has 0 unspecified atom stereocenters. The van der Waals surface area contributed by atoms with Gasteiger partial charge in [-0.2, -0.15) is 8.42 Å². The quantitative estimate of drug-likeness (QED) is 0.589. The molecule has 68 valence electrons. The molecule has 0 aliphatic rings. The van der Waals surface area contributed by atoms with Crippen molar-refractivity contribution in [2.75, 3.05) is 6.61 Å². The maximum Gasteiger partial charge on any atom is 0.486 e. The normalized spacial score (nSPS) is 13.4. The Morgan fingerprint density at radius 2 is 1.91 bits per heavy atom. The lowest BCUT2D eigenvalue weighted by Gasteiger charge is -2.03. The monoisotopic (exact) mass is 206 g/mol. The van der Waals surface area contributed by atoms with Crippen molar-refractivity contribution < 1.29 is 30.9 Å². The first-order valence-corrected chi connectivity index (χ1v) is 5.29. The summed E-state index contributed by atoms with van der Waals surface area (Å²) >= 11 is 0. The molecule has 2 N–H and O–H groups in total. The van der Waals surface area contributed by atoms with Crippen LogP contribution in [0.4, 0.5) is 0 Å². The van der Waals surface area contributed by atoms with Gasteiger partial charge in [0, 0.05) is 0 Å². The summed E-state index contributed by atoms with van der Waals surface area (Å²) in [5.41, 5.74) is 0. The van der Waals surface area contributed by atoms with Crippen LogP contribution in [0.25, 0.3) is 0 Å². The average Bonchev–Trinajstić information content (AvgIpc) is 1.55. The van der Waals surface area contributed by atoms with Crippen LogP contribution in [-0.2, 0) is 23.1 Å². The van der Waals surface area contributed by atoms with Gasteiger partial charge in [-0.3, -0.25) is 0 Å². The zero-order chi connectivity index (χ0) is 9.12. The third-order valence-corrected chi connectivity index (χ3v) is 2.48. The second-order valence-corrected chi connectivity index (χ2v) is 4.01. The Kier molecular flexibility index (Phi) is 3.62. The van der Waals surface area contributed by atoms with Crippen LogP contribution >= 0.6 is 7.82 Å². The van der Waals surface area contributed by atoms with Crippen molar-refractivity contribution in [2.45, 2.75) is 6.92 Å². The predicted molar refractivity (Wildman–Crippen MR) is 33.7 cm³/mol. The third-order valence-electron chi connectivity index (χ3n) is 0.451. The first-order valence-electron chi connectivity index (χ1n) is 2.43. The largest absolute Gasteiger partial charge is 0.486 e. The lowest BCUT2D eigenvalue weighted by atomic mass is 10.9. The van der Waals surface area contributed by atoms with E-state index in [2.05, 4.69) is 8.15 Å². The van der Waals surface area contributed by atoms with E-state index in [1.54, 1.807) is 0 Å². The first kappa shape index (κ1) is 11.0. The van der Waals surface area contributed by atoms with Gasteiger partial charge < -0.3 is 9.79 Å². The van der Waals surface area contributed by atoms with Gasteiger partial charge in [-0.05, 0) is 6.92 Å². The molecule has 0 heterocycles. The van der Waals surface area contributed by atoms with E-state index in [1.807, 2.05) is 0 Å². The lowest BCUT2D eigenvalue weighted by molar-refractivity contribution is 0.239. The Balaban J connectivity index is 4.27. The first-order chi connectivity index (χ1) is 4.77. The van der Waals surface area contributed by atoms with E-state index >= 15 is 0 Å². The third kappa shape index (κ3) is 6.42. The van der Waals surface area contributed by atoms with E-state index in [0.29, 0.717) is 0 Å². The van der Waals surface area contributed by atoms with Gasteiger partial charge in [-0.15, -0.1) is 3.97 Å². The van der Waals surface area contributed by atoms with Crippen LogP contribution in [-0.4, -0.2) is 24.8 Å². The van der Waals surface area contributed by atoms with Crippen LogP contribution < -0.4 is 0 Å². The Morgan fingerprint density at radius 1 is 1.45 bits per heavy atom. The van der Waals surface area contributed by atoms with Gasteiger partial charge in [0.25, 0.3) is 0 Å². The molecular formula is C2H7O7PS. The molecule has 0 aromatic carbocycles. The fraction of sp³-hybridized carbons (Fsp3) is 1.00. The van der Waals surface area contributed by atoms with Crippen molar-refractivity contribution in [1.82, 2.24) is 0 Å². The molecule has 0 rings (SSSR count). The summed E-state index contributed by atoms with van der Waals surface area (Å²) in [6.07, 6.45) is 0. The molecule has 0 radical (unpaired) electrons. The topological polar surface area (TPSA) is 110 Å². The highest BCUT2D eigenvalue weighted by atomic mass is 32.3. The van der Waals surface area contributed by atoms with Gasteiger partial charge in [0.15, 0.2) is 0 Å². The van der Waals surface area contributed by atoms with Gasteiger partial charge >= 0.3 is 18.2 Å². The molecule has 0 aromatic rings. The molecular weight excluding hydrogens is 199 g/mol. The Hall–Kier alpha value is 0.0200. The number of rotatable bonds is 4. The second kappa shape index (κ2) is 3.61. The summed E-state index contributed by atoms with van der Waals surface area (Å²) < 4.78 is 37.7. The summed E-state index contributed by atoms with van der Waals surface area (Å²) in [6, 6.07) is 0. The molecule has 0 saturated heterocycles. The van der Waals surface area contributed by atoms with E-state index in [4.69, 9.17) is 9.79 Å². The molecule has 0 amide bonds. The minimum atomic E-state index is -5.03. The molecule has 0 bridgehead atoms. The Morgan fingerprint density at radius 3 is 2.18 bits per heavy atom. The van der Waals surface area contributed by atoms with Crippen molar-refractivity contribution in [3.63, 3.8) is 0 Å². The van der Waals surface area contributed by atoms with E-state index in [1.165, 1.54) is 6.92 Å². The van der Waals surface area contributed by atoms with Crippen LogP contribution in [0.2, 0.25) is 0 Å². The molecule has 11 heavy (non-hydrogen) atoms. The summed E-state index contributed by atoms with van der Waals surface area (Å²) in [5, 5.41) is 0. The van der Waals surface area contributed by atoms with Gasteiger partial charge in [-0.25, -0.2) is 8.75 Å². The highest BCUT2D eigenvalue weighted by Gasteiger charge is 2.25. The maximum absolute atomic E-state index is 10.3. The zero-order valence-corrected chi connectivity index (χ0v) is 7.21. The van der Waals surface area contributed by atoms with Gasteiger partial charge in [-0.1, -0.05) is 0 Å². The molecule has 0 aliphatic heterocycles.